The minimum atomic E-state index is -1.83. The van der Waals surface area contributed by atoms with Crippen LogP contribution in [0.1, 0.15) is 0 Å². The summed E-state index contributed by atoms with van der Waals surface area (Å²) in [7, 11) is 0. The van der Waals surface area contributed by atoms with E-state index in [0.717, 1.165) is 45.4 Å². The predicted molar refractivity (Wildman–Crippen MR) is 32.5 cm³/mol. The molecule has 0 unspecified atom stereocenters. The molecule has 3 nitrogen and oxygen atoms in total. The quantitative estimate of drug-likeness (QED) is 0.568. The molecule has 0 spiro atoms. The van der Waals surface area contributed by atoms with Crippen molar-refractivity contribution in [3.8, 4) is 0 Å². The molecule has 0 atom stereocenters. The molecule has 0 saturated heterocycles. The molecule has 0 aliphatic heterocycles. The number of carboxylic acid groups (broad SMARTS) is 2. The molecule has 0 aliphatic rings. The van der Waals surface area contributed by atoms with Crippen molar-refractivity contribution in [3.05, 3.63) is 0 Å². The molecular formula is CH3BrK2O3. The van der Waals surface area contributed by atoms with Gasteiger partial charge in [0.05, 0.1) is 0 Å². The topological polar surface area (TPSA) is 57.5 Å². The zero-order valence-corrected chi connectivity index (χ0v) is 7.89. The van der Waals surface area contributed by atoms with Crippen LogP contribution < -0.4 is 0 Å². The summed E-state index contributed by atoms with van der Waals surface area (Å²) in [5, 5.41) is 13.9. The molecule has 0 aliphatic carbocycles. The summed E-state index contributed by atoms with van der Waals surface area (Å²) < 4.78 is 0. The Bertz CT molecular complexity index is 35.9. The van der Waals surface area contributed by atoms with Crippen molar-refractivity contribution in [1.82, 2.24) is 0 Å². The fourth-order valence-electron chi connectivity index (χ4n) is 0. The van der Waals surface area contributed by atoms with Crippen LogP contribution in [0.5, 0.6) is 0 Å². The Balaban J connectivity index is -0.0000000480. The predicted octanol–water partition coefficient (Wildman–Crippen LogP) is 0.0387. The molecule has 7 heavy (non-hydrogen) atoms. The van der Waals surface area contributed by atoms with Crippen LogP contribution >= 0.6 is 6.60 Å². The van der Waals surface area contributed by atoms with Crippen LogP contribution in [0.25, 0.3) is 0 Å². The Labute approximate surface area is 120 Å². The van der Waals surface area contributed by atoms with Crippen molar-refractivity contribution in [3.63, 3.8) is 0 Å². The van der Waals surface area contributed by atoms with Gasteiger partial charge in [0, 0.05) is 0 Å². The van der Waals surface area contributed by atoms with E-state index in [1.165, 1.54) is 0 Å². The molecule has 0 aromatic rings. The molecule has 0 fully saturated rings. The van der Waals surface area contributed by atoms with E-state index >= 15 is 0 Å². The van der Waals surface area contributed by atoms with Gasteiger partial charge < -0.3 is 10.2 Å². The Morgan fingerprint density at radius 3 is 1.43 bits per heavy atom. The van der Waals surface area contributed by atoms with Crippen molar-refractivity contribution in [2.75, 3.05) is 0 Å². The van der Waals surface area contributed by atoms with E-state index in [4.69, 9.17) is 15.0 Å². The van der Waals surface area contributed by atoms with E-state index in [-0.39, 0.29) is 51.4 Å². The molecule has 6 heteroatoms. The Kier molecular flexibility index (Phi) is 37.8. The third kappa shape index (κ3) is 48.7. The van der Waals surface area contributed by atoms with Crippen LogP contribution in [0.2, 0.25) is 0 Å². The molecule has 0 heterocycles. The summed E-state index contributed by atoms with van der Waals surface area (Å²) in [5.41, 5.74) is 0. The normalized spacial score (nSPS) is 4.43. The molecule has 0 saturated carbocycles. The zero-order valence-electron chi connectivity index (χ0n) is 3.18. The van der Waals surface area contributed by atoms with E-state index in [2.05, 4.69) is 6.60 Å². The van der Waals surface area contributed by atoms with Gasteiger partial charge >= 0.3 is 110 Å². The zero-order chi connectivity index (χ0) is 5.58. The molecule has 0 aromatic heterocycles. The first-order chi connectivity index (χ1) is 2.73. The summed E-state index contributed by atoms with van der Waals surface area (Å²) in [4.78, 5) is 8.56. The van der Waals surface area contributed by atoms with Gasteiger partial charge in [-0.1, -0.05) is 0 Å². The van der Waals surface area contributed by atoms with Crippen LogP contribution in [-0.2, 0) is 0 Å². The summed E-state index contributed by atoms with van der Waals surface area (Å²) in [6.45, 7) is 3.12. The number of hydrogen-bond acceptors (Lipinski definition) is 1. The second-order valence-corrected chi connectivity index (χ2v) is 0.283. The second-order valence-electron chi connectivity index (χ2n) is 0.283. The fourth-order valence-corrected chi connectivity index (χ4v) is 0. The van der Waals surface area contributed by atoms with Crippen LogP contribution in [0.15, 0.2) is 0 Å². The van der Waals surface area contributed by atoms with Gasteiger partial charge in [-0.3, -0.25) is 0 Å². The number of halogens is 1. The van der Waals surface area contributed by atoms with Crippen LogP contribution in [0.3, 0.4) is 0 Å². The molecule has 0 rings (SSSR count). The minimum absolute atomic E-state index is 0. The number of hydrogen-bond donors (Lipinski definition) is 2. The van der Waals surface area contributed by atoms with Gasteiger partial charge in [0.15, 0.2) is 0 Å². The summed E-state index contributed by atoms with van der Waals surface area (Å²) in [6.07, 6.45) is -1.83. The van der Waals surface area contributed by atoms with Crippen LogP contribution in [-0.4, -0.2) is 113 Å². The summed E-state index contributed by atoms with van der Waals surface area (Å²) in [5.74, 6) is 0. The number of rotatable bonds is 0. The van der Waals surface area contributed by atoms with Crippen molar-refractivity contribution < 1.29 is 15.0 Å². The average Bonchev–Trinajstić information content (AvgIpc) is 1.41. The second kappa shape index (κ2) is 16.0. The Morgan fingerprint density at radius 1 is 1.43 bits per heavy atom. The van der Waals surface area contributed by atoms with E-state index in [1.54, 1.807) is 0 Å². The van der Waals surface area contributed by atoms with Gasteiger partial charge in [-0.15, -0.1) is 0 Å². The summed E-state index contributed by atoms with van der Waals surface area (Å²) >= 11 is 0.875. The van der Waals surface area contributed by atoms with Crippen molar-refractivity contribution in [2.45, 2.75) is 0 Å². The standard InChI is InChI=1S/CH2O3.BrH.2K.H/c2-1(3)4;;;;/h(H2,2,3,4);1H;;;/q;;;+1;/p-1. The summed E-state index contributed by atoms with van der Waals surface area (Å²) in [6, 6.07) is 0. The average molecular weight is 221 g/mol. The van der Waals surface area contributed by atoms with E-state index in [1.807, 2.05) is 0 Å². The SMILES string of the molecule is O=C(O)O.[KH].[K][Br]. The van der Waals surface area contributed by atoms with Gasteiger partial charge in [-0.25, -0.2) is 4.79 Å². The third-order valence-electron chi connectivity index (χ3n) is 0. The van der Waals surface area contributed by atoms with Gasteiger partial charge in [0.25, 0.3) is 0 Å². The van der Waals surface area contributed by atoms with Crippen LogP contribution in [0, 0.1) is 0 Å². The Morgan fingerprint density at radius 2 is 1.43 bits per heavy atom. The molecule has 34 valence electrons. The van der Waals surface area contributed by atoms with E-state index in [0.29, 0.717) is 0 Å². The van der Waals surface area contributed by atoms with Crippen molar-refractivity contribution >= 4 is 110 Å². The van der Waals surface area contributed by atoms with Crippen molar-refractivity contribution in [2.24, 2.45) is 0 Å². The molecule has 0 aromatic carbocycles. The molecule has 0 radical (unpaired) electrons. The van der Waals surface area contributed by atoms with Gasteiger partial charge in [-0.05, 0) is 0 Å². The van der Waals surface area contributed by atoms with Gasteiger partial charge in [-0.2, -0.15) is 0 Å². The molecular weight excluding hydrogens is 218 g/mol. The first kappa shape index (κ1) is 16.5. The van der Waals surface area contributed by atoms with Crippen molar-refractivity contribution in [1.29, 1.82) is 0 Å². The maximum atomic E-state index is 8.56. The first-order valence-corrected chi connectivity index (χ1v) is 8.75. The molecule has 0 bridgehead atoms. The Hall–Kier alpha value is 3.02. The number of carbonyl (C=O) groups is 1. The molecule has 0 amide bonds. The van der Waals surface area contributed by atoms with Gasteiger partial charge in [0.1, 0.15) is 0 Å². The van der Waals surface area contributed by atoms with Gasteiger partial charge in [0.2, 0.25) is 0 Å². The van der Waals surface area contributed by atoms with E-state index < -0.39 is 6.16 Å². The first-order valence-electron chi connectivity index (χ1n) is 1.03. The third-order valence-corrected chi connectivity index (χ3v) is 0. The van der Waals surface area contributed by atoms with Crippen LogP contribution in [0.4, 0.5) is 4.79 Å². The monoisotopic (exact) mass is 220 g/mol. The van der Waals surface area contributed by atoms with E-state index in [9.17, 15) is 0 Å². The maximum absolute atomic E-state index is 8.56. The molecule has 2 N–H and O–H groups in total. The fraction of sp³-hybridized carbons (Fsp3) is 0.